The van der Waals surface area contributed by atoms with Gasteiger partial charge in [0.25, 0.3) is 9.05 Å². The fourth-order valence-corrected chi connectivity index (χ4v) is 2.85. The average molecular weight is 311 g/mol. The van der Waals surface area contributed by atoms with Crippen molar-refractivity contribution in [2.24, 2.45) is 0 Å². The first-order valence-electron chi connectivity index (χ1n) is 5.19. The lowest BCUT2D eigenvalue weighted by Crippen LogP contribution is -2.08. The largest absolute Gasteiger partial charge is 0.462 e. The number of hydrogen-bond donors (Lipinski definition) is 0. The van der Waals surface area contributed by atoms with Crippen LogP contribution in [-0.2, 0) is 13.8 Å². The molecule has 0 saturated heterocycles. The Bertz CT molecular complexity index is 567. The molecule has 0 N–H and O–H groups in total. The predicted molar refractivity (Wildman–Crippen MR) is 69.8 cm³/mol. The topological polar surface area (TPSA) is 60.4 Å². The Morgan fingerprint density at radius 1 is 1.39 bits per heavy atom. The highest BCUT2D eigenvalue weighted by Gasteiger charge is 2.20. The van der Waals surface area contributed by atoms with E-state index in [1.807, 2.05) is 6.92 Å². The van der Waals surface area contributed by atoms with Crippen LogP contribution in [0.1, 0.15) is 29.3 Å². The third kappa shape index (κ3) is 3.60. The van der Waals surface area contributed by atoms with E-state index in [9.17, 15) is 13.2 Å². The van der Waals surface area contributed by atoms with Crippen LogP contribution in [0.4, 0.5) is 0 Å². The standard InChI is InChI=1S/C11H12Cl2O4S/c1-3-4-17-11(14)8-5-7(2)10(12)9(6-8)18(13,15)16/h5-6H,3-4H2,1-2H3. The van der Waals surface area contributed by atoms with E-state index in [1.165, 1.54) is 6.07 Å². The Kier molecular flexibility index (Phi) is 5.01. The second kappa shape index (κ2) is 5.91. The number of ether oxygens (including phenoxy) is 1. The lowest BCUT2D eigenvalue weighted by molar-refractivity contribution is 0.0504. The van der Waals surface area contributed by atoms with Crippen molar-refractivity contribution in [3.63, 3.8) is 0 Å². The number of aryl methyl sites for hydroxylation is 1. The Labute approximate surface area is 115 Å². The smallest absolute Gasteiger partial charge is 0.338 e. The minimum Gasteiger partial charge on any atom is -0.462 e. The molecule has 0 aliphatic rings. The fraction of sp³-hybridized carbons (Fsp3) is 0.364. The van der Waals surface area contributed by atoms with E-state index in [1.54, 1.807) is 6.92 Å². The summed E-state index contributed by atoms with van der Waals surface area (Å²) >= 11 is 5.84. The molecule has 0 saturated carbocycles. The van der Waals surface area contributed by atoms with E-state index in [2.05, 4.69) is 0 Å². The Morgan fingerprint density at radius 2 is 2.00 bits per heavy atom. The van der Waals surface area contributed by atoms with Crippen molar-refractivity contribution < 1.29 is 17.9 Å². The molecule has 0 atom stereocenters. The molecule has 1 aromatic carbocycles. The molecule has 1 aromatic rings. The van der Waals surface area contributed by atoms with Crippen LogP contribution >= 0.6 is 22.3 Å². The van der Waals surface area contributed by atoms with Crippen LogP contribution in [0.25, 0.3) is 0 Å². The van der Waals surface area contributed by atoms with Crippen LogP contribution in [0, 0.1) is 6.92 Å². The van der Waals surface area contributed by atoms with Gasteiger partial charge in [0.1, 0.15) is 4.90 Å². The first-order valence-corrected chi connectivity index (χ1v) is 7.88. The minimum absolute atomic E-state index is 0.0111. The minimum atomic E-state index is -4.00. The number of carbonyl (C=O) groups excluding carboxylic acids is 1. The first-order chi connectivity index (χ1) is 8.27. The van der Waals surface area contributed by atoms with Gasteiger partial charge in [0.15, 0.2) is 0 Å². The molecule has 100 valence electrons. The molecule has 0 amide bonds. The molecule has 1 rings (SSSR count). The van der Waals surface area contributed by atoms with Crippen LogP contribution in [0.3, 0.4) is 0 Å². The molecule has 0 spiro atoms. The summed E-state index contributed by atoms with van der Waals surface area (Å²) < 4.78 is 27.6. The monoisotopic (exact) mass is 310 g/mol. The van der Waals surface area contributed by atoms with Crippen molar-refractivity contribution in [1.29, 1.82) is 0 Å². The van der Waals surface area contributed by atoms with Gasteiger partial charge in [0.2, 0.25) is 0 Å². The summed E-state index contributed by atoms with van der Waals surface area (Å²) in [7, 11) is 1.25. The molecule has 0 aliphatic carbocycles. The van der Waals surface area contributed by atoms with Gasteiger partial charge in [-0.05, 0) is 31.0 Å². The van der Waals surface area contributed by atoms with Crippen molar-refractivity contribution in [2.75, 3.05) is 6.61 Å². The highest BCUT2D eigenvalue weighted by Crippen LogP contribution is 2.29. The first kappa shape index (κ1) is 15.3. The van der Waals surface area contributed by atoms with Crippen molar-refractivity contribution in [3.8, 4) is 0 Å². The van der Waals surface area contributed by atoms with Gasteiger partial charge in [0, 0.05) is 10.7 Å². The summed E-state index contributed by atoms with van der Waals surface area (Å²) in [6.45, 7) is 3.71. The normalized spacial score (nSPS) is 11.3. The van der Waals surface area contributed by atoms with Gasteiger partial charge in [-0.3, -0.25) is 0 Å². The number of rotatable bonds is 4. The molecule has 0 aliphatic heterocycles. The second-order valence-corrected chi connectivity index (χ2v) is 6.59. The van der Waals surface area contributed by atoms with E-state index in [-0.39, 0.29) is 22.1 Å². The van der Waals surface area contributed by atoms with Crippen LogP contribution in [-0.4, -0.2) is 21.0 Å². The van der Waals surface area contributed by atoms with Crippen LogP contribution < -0.4 is 0 Å². The summed E-state index contributed by atoms with van der Waals surface area (Å²) in [6, 6.07) is 2.58. The van der Waals surface area contributed by atoms with Crippen molar-refractivity contribution in [2.45, 2.75) is 25.2 Å². The van der Waals surface area contributed by atoms with E-state index in [4.69, 9.17) is 27.0 Å². The van der Waals surface area contributed by atoms with Gasteiger partial charge in [-0.25, -0.2) is 13.2 Å². The molecule has 0 bridgehead atoms. The van der Waals surface area contributed by atoms with Crippen LogP contribution in [0.2, 0.25) is 5.02 Å². The molecule has 0 fully saturated rings. The Hall–Kier alpha value is -0.780. The van der Waals surface area contributed by atoms with Crippen molar-refractivity contribution in [3.05, 3.63) is 28.3 Å². The zero-order valence-corrected chi connectivity index (χ0v) is 12.2. The summed E-state index contributed by atoms with van der Waals surface area (Å²) in [5.41, 5.74) is 0.561. The average Bonchev–Trinajstić information content (AvgIpc) is 2.27. The highest BCUT2D eigenvalue weighted by atomic mass is 35.7. The predicted octanol–water partition coefficient (Wildman–Crippen LogP) is 3.14. The van der Waals surface area contributed by atoms with Crippen LogP contribution in [0.5, 0.6) is 0 Å². The van der Waals surface area contributed by atoms with Gasteiger partial charge < -0.3 is 4.74 Å². The Morgan fingerprint density at radius 3 is 2.50 bits per heavy atom. The van der Waals surface area contributed by atoms with Gasteiger partial charge in [0.05, 0.1) is 17.2 Å². The van der Waals surface area contributed by atoms with Gasteiger partial charge in [-0.1, -0.05) is 18.5 Å². The maximum atomic E-state index is 11.6. The number of carbonyl (C=O) groups is 1. The summed E-state index contributed by atoms with van der Waals surface area (Å²) in [5.74, 6) is -0.599. The van der Waals surface area contributed by atoms with E-state index in [0.717, 1.165) is 6.07 Å². The van der Waals surface area contributed by atoms with Gasteiger partial charge in [-0.2, -0.15) is 0 Å². The number of hydrogen-bond acceptors (Lipinski definition) is 4. The third-order valence-electron chi connectivity index (χ3n) is 2.16. The quantitative estimate of drug-likeness (QED) is 0.633. The van der Waals surface area contributed by atoms with E-state index in [0.29, 0.717) is 12.0 Å². The maximum absolute atomic E-state index is 11.6. The van der Waals surface area contributed by atoms with Crippen molar-refractivity contribution >= 4 is 37.3 Å². The maximum Gasteiger partial charge on any atom is 0.338 e. The molecule has 0 aromatic heterocycles. The van der Waals surface area contributed by atoms with Gasteiger partial charge in [-0.15, -0.1) is 0 Å². The van der Waals surface area contributed by atoms with E-state index < -0.39 is 15.0 Å². The molecule has 0 unspecified atom stereocenters. The Balaban J connectivity index is 3.25. The van der Waals surface area contributed by atoms with Crippen LogP contribution in [0.15, 0.2) is 17.0 Å². The summed E-state index contributed by atoms with van der Waals surface area (Å²) in [5, 5.41) is 0.0111. The zero-order chi connectivity index (χ0) is 13.9. The molecular formula is C11H12Cl2O4S. The molecule has 4 nitrogen and oxygen atoms in total. The highest BCUT2D eigenvalue weighted by molar-refractivity contribution is 8.13. The number of benzene rings is 1. The lowest BCUT2D eigenvalue weighted by atomic mass is 10.1. The number of esters is 1. The molecule has 18 heavy (non-hydrogen) atoms. The van der Waals surface area contributed by atoms with E-state index >= 15 is 0 Å². The summed E-state index contributed by atoms with van der Waals surface area (Å²) in [6.07, 6.45) is 0.680. The third-order valence-corrected chi connectivity index (χ3v) is 4.12. The van der Waals surface area contributed by atoms with Gasteiger partial charge >= 0.3 is 5.97 Å². The SMILES string of the molecule is CCCOC(=O)c1cc(C)c(Cl)c(S(=O)(=O)Cl)c1. The zero-order valence-electron chi connectivity index (χ0n) is 9.87. The fourth-order valence-electron chi connectivity index (χ4n) is 1.31. The summed E-state index contributed by atoms with van der Waals surface area (Å²) in [4.78, 5) is 11.4. The second-order valence-electron chi connectivity index (χ2n) is 3.68. The van der Waals surface area contributed by atoms with Crippen molar-refractivity contribution in [1.82, 2.24) is 0 Å². The molecule has 0 heterocycles. The molecule has 7 heteroatoms. The molecular weight excluding hydrogens is 299 g/mol. The number of halogens is 2. The molecule has 0 radical (unpaired) electrons. The lowest BCUT2D eigenvalue weighted by Gasteiger charge is -2.08.